The minimum Gasteiger partial charge on any atom is -0.236 e. The van der Waals surface area contributed by atoms with Crippen molar-refractivity contribution < 1.29 is 0 Å². The Labute approximate surface area is 360 Å². The highest BCUT2D eigenvalue weighted by Crippen LogP contribution is 2.46. The van der Waals surface area contributed by atoms with Crippen LogP contribution in [-0.4, -0.2) is 19.9 Å². The second kappa shape index (κ2) is 16.0. The van der Waals surface area contributed by atoms with Crippen LogP contribution >= 0.6 is 0 Å². The Balaban J connectivity index is 0.997. The molecule has 0 atom stereocenters. The lowest BCUT2D eigenvalue weighted by Crippen LogP contribution is -1.93. The van der Waals surface area contributed by atoms with Crippen LogP contribution < -0.4 is 0 Å². The van der Waals surface area contributed by atoms with Gasteiger partial charge in [0.05, 0.1) is 0 Å². The lowest BCUT2D eigenvalue weighted by molar-refractivity contribution is 1.18. The second-order valence-corrected chi connectivity index (χ2v) is 15.5. The van der Waals surface area contributed by atoms with Gasteiger partial charge in [-0.1, -0.05) is 194 Å². The molecule has 0 N–H and O–H groups in total. The number of rotatable bonds is 8. The smallest absolute Gasteiger partial charge is 0.159 e. The van der Waals surface area contributed by atoms with E-state index in [9.17, 15) is 0 Å². The number of hydrogen-bond acceptors (Lipinski definition) is 4. The molecule has 4 heteroatoms. The van der Waals surface area contributed by atoms with E-state index in [-0.39, 0.29) is 0 Å². The lowest BCUT2D eigenvalue weighted by Gasteiger charge is -2.20. The Bertz CT molecular complexity index is 3090. The molecule has 0 radical (unpaired) electrons. The highest BCUT2D eigenvalue weighted by atomic mass is 14.9. The van der Waals surface area contributed by atoms with Gasteiger partial charge < -0.3 is 0 Å². The molecule has 2 heterocycles. The maximum atomic E-state index is 4.67. The molecule has 0 unspecified atom stereocenters. The normalized spacial score (nSPS) is 11.2. The molecular formula is C58H38N4. The molecule has 290 valence electrons. The zero-order chi connectivity index (χ0) is 41.2. The highest BCUT2D eigenvalue weighted by molar-refractivity contribution is 6.22. The van der Waals surface area contributed by atoms with Crippen molar-refractivity contribution >= 4 is 21.5 Å². The van der Waals surface area contributed by atoms with E-state index in [1.165, 1.54) is 43.8 Å². The molecular weight excluding hydrogens is 753 g/mol. The van der Waals surface area contributed by atoms with Crippen molar-refractivity contribution in [3.05, 3.63) is 231 Å². The number of nitrogens with zero attached hydrogens (tertiary/aromatic N) is 4. The zero-order valence-electron chi connectivity index (χ0n) is 33.7. The van der Waals surface area contributed by atoms with Crippen molar-refractivity contribution in [3.63, 3.8) is 0 Å². The molecule has 0 aliphatic rings. The van der Waals surface area contributed by atoms with Gasteiger partial charge in [0.25, 0.3) is 0 Å². The summed E-state index contributed by atoms with van der Waals surface area (Å²) < 4.78 is 0. The van der Waals surface area contributed by atoms with E-state index >= 15 is 0 Å². The van der Waals surface area contributed by atoms with Crippen LogP contribution in [0.5, 0.6) is 0 Å². The quantitative estimate of drug-likeness (QED) is 0.144. The third kappa shape index (κ3) is 7.00. The van der Waals surface area contributed by atoms with Crippen LogP contribution in [0.2, 0.25) is 0 Å². The Morgan fingerprint density at radius 2 is 0.468 bits per heavy atom. The van der Waals surface area contributed by atoms with E-state index in [1.54, 1.807) is 0 Å². The van der Waals surface area contributed by atoms with E-state index < -0.39 is 0 Å². The van der Waals surface area contributed by atoms with Crippen molar-refractivity contribution in [3.8, 4) is 89.5 Å². The van der Waals surface area contributed by atoms with Gasteiger partial charge in [0.1, 0.15) is 0 Å². The molecule has 11 aromatic rings. The van der Waals surface area contributed by atoms with E-state index in [4.69, 9.17) is 0 Å². The van der Waals surface area contributed by atoms with Crippen LogP contribution in [0.1, 0.15) is 0 Å². The van der Waals surface area contributed by atoms with Gasteiger partial charge in [-0.15, -0.1) is 0 Å². The summed E-state index contributed by atoms with van der Waals surface area (Å²) >= 11 is 0. The van der Waals surface area contributed by atoms with Gasteiger partial charge in [0.15, 0.2) is 11.6 Å². The molecule has 0 fully saturated rings. The minimum atomic E-state index is 0.724. The maximum absolute atomic E-state index is 4.67. The van der Waals surface area contributed by atoms with Crippen LogP contribution in [0, 0.1) is 0 Å². The summed E-state index contributed by atoms with van der Waals surface area (Å²) in [6, 6.07) is 73.1. The van der Waals surface area contributed by atoms with Gasteiger partial charge in [-0.2, -0.15) is 0 Å². The summed E-state index contributed by atoms with van der Waals surface area (Å²) in [5, 5.41) is 4.85. The average Bonchev–Trinajstić information content (AvgIpc) is 3.36. The predicted molar refractivity (Wildman–Crippen MR) is 256 cm³/mol. The summed E-state index contributed by atoms with van der Waals surface area (Å²) in [5.41, 5.74) is 15.6. The number of fused-ring (bicyclic) bond motifs is 2. The molecule has 0 saturated heterocycles. The van der Waals surface area contributed by atoms with Gasteiger partial charge in [-0.3, -0.25) is 0 Å². The predicted octanol–water partition coefficient (Wildman–Crippen LogP) is 14.9. The first-order valence-corrected chi connectivity index (χ1v) is 20.8. The summed E-state index contributed by atoms with van der Waals surface area (Å²) in [6.07, 6.45) is 7.63. The first-order chi connectivity index (χ1) is 30.7. The fourth-order valence-corrected chi connectivity index (χ4v) is 8.56. The standard InChI is InChI=1S/C58H38N4/c1-5-13-43(14-6-1)55-51-31-29-48(40-23-27-42(28-24-40)50-37-61-58(62-38-50)46-19-11-4-12-20-46)34-54(51)56(44-15-7-2-8-16-44)52-32-30-47(33-53(52)55)39-21-25-41(26-22-39)49-35-59-57(60-36-49)45-17-9-3-10-18-45/h1-38H. The Morgan fingerprint density at radius 3 is 0.790 bits per heavy atom. The number of hydrogen-bond donors (Lipinski definition) is 0. The lowest BCUT2D eigenvalue weighted by atomic mass is 9.84. The highest BCUT2D eigenvalue weighted by Gasteiger charge is 2.19. The fraction of sp³-hybridized carbons (Fsp3) is 0. The average molecular weight is 791 g/mol. The maximum Gasteiger partial charge on any atom is 0.159 e. The first-order valence-electron chi connectivity index (χ1n) is 20.8. The third-order valence-corrected chi connectivity index (χ3v) is 11.7. The number of aromatic nitrogens is 4. The molecule has 0 aliphatic heterocycles. The minimum absolute atomic E-state index is 0.724. The Morgan fingerprint density at radius 1 is 0.194 bits per heavy atom. The van der Waals surface area contributed by atoms with Crippen LogP contribution in [-0.2, 0) is 0 Å². The summed E-state index contributed by atoms with van der Waals surface area (Å²) in [5.74, 6) is 1.45. The van der Waals surface area contributed by atoms with Crippen LogP contribution in [0.3, 0.4) is 0 Å². The Kier molecular flexibility index (Phi) is 9.49. The van der Waals surface area contributed by atoms with Gasteiger partial charge in [0, 0.05) is 47.0 Å². The third-order valence-electron chi connectivity index (χ3n) is 11.7. The molecule has 0 aliphatic carbocycles. The van der Waals surface area contributed by atoms with Crippen molar-refractivity contribution in [1.82, 2.24) is 19.9 Å². The van der Waals surface area contributed by atoms with Crippen molar-refractivity contribution in [2.24, 2.45) is 0 Å². The molecule has 0 spiro atoms. The van der Waals surface area contributed by atoms with Crippen molar-refractivity contribution in [1.29, 1.82) is 0 Å². The molecule has 62 heavy (non-hydrogen) atoms. The molecule has 11 rings (SSSR count). The van der Waals surface area contributed by atoms with Gasteiger partial charge in [-0.05, 0) is 89.3 Å². The molecule has 0 saturated carbocycles. The van der Waals surface area contributed by atoms with Gasteiger partial charge in [-0.25, -0.2) is 19.9 Å². The van der Waals surface area contributed by atoms with E-state index in [1.807, 2.05) is 85.5 Å². The van der Waals surface area contributed by atoms with E-state index in [0.29, 0.717) is 0 Å². The second-order valence-electron chi connectivity index (χ2n) is 15.5. The first kappa shape index (κ1) is 36.7. The summed E-state index contributed by atoms with van der Waals surface area (Å²) in [6.45, 7) is 0. The summed E-state index contributed by atoms with van der Waals surface area (Å²) in [4.78, 5) is 18.7. The summed E-state index contributed by atoms with van der Waals surface area (Å²) in [7, 11) is 0. The van der Waals surface area contributed by atoms with Crippen LogP contribution in [0.25, 0.3) is 111 Å². The monoisotopic (exact) mass is 790 g/mol. The fourth-order valence-electron chi connectivity index (χ4n) is 8.56. The molecule has 0 amide bonds. The molecule has 0 bridgehead atoms. The number of benzene rings is 9. The largest absolute Gasteiger partial charge is 0.236 e. The molecule has 4 nitrogen and oxygen atoms in total. The van der Waals surface area contributed by atoms with Crippen molar-refractivity contribution in [2.75, 3.05) is 0 Å². The Hall–Kier alpha value is -8.34. The van der Waals surface area contributed by atoms with Gasteiger partial charge in [0.2, 0.25) is 0 Å². The SMILES string of the molecule is c1ccc(-c2ncc(-c3ccc(-c4ccc5c(-c6ccccc6)c6cc(-c7ccc(-c8cnc(-c9ccccc9)nc8)cc7)ccc6c(-c6ccccc6)c5c4)cc3)cn2)cc1. The topological polar surface area (TPSA) is 51.6 Å². The van der Waals surface area contributed by atoms with Gasteiger partial charge >= 0.3 is 0 Å². The van der Waals surface area contributed by atoms with Crippen LogP contribution in [0.15, 0.2) is 231 Å². The van der Waals surface area contributed by atoms with Crippen LogP contribution in [0.4, 0.5) is 0 Å². The van der Waals surface area contributed by atoms with E-state index in [0.717, 1.165) is 67.3 Å². The molecule has 2 aromatic heterocycles. The molecule has 9 aromatic carbocycles. The zero-order valence-corrected chi connectivity index (χ0v) is 33.7. The van der Waals surface area contributed by atoms with E-state index in [2.05, 4.69) is 166 Å². The van der Waals surface area contributed by atoms with Crippen molar-refractivity contribution in [2.45, 2.75) is 0 Å².